The summed E-state index contributed by atoms with van der Waals surface area (Å²) in [4.78, 5) is 10.6. The highest BCUT2D eigenvalue weighted by molar-refractivity contribution is 6.18. The quantitative estimate of drug-likeness (QED) is 0.183. The number of para-hydroxylation sites is 4. The predicted octanol–water partition coefficient (Wildman–Crippen LogP) is 13.1. The van der Waals surface area contributed by atoms with Crippen LogP contribution in [0.5, 0.6) is 0 Å². The zero-order chi connectivity index (χ0) is 36.0. The molecular formula is C50H30N4O. The first-order valence-electron chi connectivity index (χ1n) is 18.6. The highest BCUT2D eigenvalue weighted by atomic mass is 16.3. The van der Waals surface area contributed by atoms with E-state index in [1.165, 1.54) is 21.8 Å². The van der Waals surface area contributed by atoms with Crippen molar-refractivity contribution in [2.24, 2.45) is 0 Å². The smallest absolute Gasteiger partial charge is 0.235 e. The van der Waals surface area contributed by atoms with E-state index in [9.17, 15) is 0 Å². The minimum Gasteiger partial charge on any atom is -0.456 e. The van der Waals surface area contributed by atoms with E-state index in [2.05, 4.69) is 167 Å². The van der Waals surface area contributed by atoms with Crippen LogP contribution in [0.1, 0.15) is 0 Å². The van der Waals surface area contributed by atoms with Gasteiger partial charge in [0.05, 0.1) is 33.3 Å². The van der Waals surface area contributed by atoms with E-state index >= 15 is 0 Å². The van der Waals surface area contributed by atoms with Gasteiger partial charge in [0.2, 0.25) is 5.95 Å². The average Bonchev–Trinajstić information content (AvgIpc) is 3.89. The van der Waals surface area contributed by atoms with Gasteiger partial charge in [-0.3, -0.25) is 4.57 Å². The third-order valence-corrected chi connectivity index (χ3v) is 11.1. The summed E-state index contributed by atoms with van der Waals surface area (Å²) in [5, 5.41) is 7.83. The molecule has 5 nitrogen and oxygen atoms in total. The summed E-state index contributed by atoms with van der Waals surface area (Å²) in [6.45, 7) is 0. The van der Waals surface area contributed by atoms with E-state index in [1.807, 2.05) is 24.3 Å². The highest BCUT2D eigenvalue weighted by Gasteiger charge is 2.21. The van der Waals surface area contributed by atoms with Gasteiger partial charge in [-0.05, 0) is 77.9 Å². The third-order valence-electron chi connectivity index (χ3n) is 11.1. The lowest BCUT2D eigenvalue weighted by atomic mass is 10.0. The second kappa shape index (κ2) is 11.5. The minimum absolute atomic E-state index is 0.632. The Kier molecular flexibility index (Phi) is 6.27. The average molecular weight is 703 g/mol. The van der Waals surface area contributed by atoms with Crippen molar-refractivity contribution in [2.45, 2.75) is 0 Å². The number of aromatic nitrogens is 4. The van der Waals surface area contributed by atoms with E-state index in [1.54, 1.807) is 0 Å². The van der Waals surface area contributed by atoms with Crippen LogP contribution in [0, 0.1) is 0 Å². The number of rotatable bonds is 4. The fourth-order valence-electron chi connectivity index (χ4n) is 8.62. The Balaban J connectivity index is 1.13. The standard InChI is InChI=1S/C50H30N4O/c1-3-13-31(14-4-1)49-37-19-7-10-20-42(37)51-50(52-49)54-45-26-24-33(28-39(45)40-30-48-41(29-46(40)54)36-18-9-12-22-47(36)55-48)32-23-25-44-38(27-32)35-17-8-11-21-43(35)53(44)34-15-5-2-6-16-34/h1-30H. The molecule has 12 rings (SSSR count). The fourth-order valence-corrected chi connectivity index (χ4v) is 8.62. The molecule has 0 saturated heterocycles. The number of hydrogen-bond acceptors (Lipinski definition) is 3. The second-order valence-corrected chi connectivity index (χ2v) is 14.2. The maximum atomic E-state index is 6.46. The molecule has 5 heteroatoms. The van der Waals surface area contributed by atoms with E-state index in [4.69, 9.17) is 14.4 Å². The number of hydrogen-bond donors (Lipinski definition) is 0. The molecule has 4 aromatic heterocycles. The zero-order valence-corrected chi connectivity index (χ0v) is 29.5. The van der Waals surface area contributed by atoms with Gasteiger partial charge in [-0.2, -0.15) is 0 Å². The van der Waals surface area contributed by atoms with Crippen molar-refractivity contribution in [1.82, 2.24) is 19.1 Å². The van der Waals surface area contributed by atoms with Gasteiger partial charge >= 0.3 is 0 Å². The number of nitrogens with zero attached hydrogens (tertiary/aromatic N) is 4. The Morgan fingerprint density at radius 3 is 1.75 bits per heavy atom. The van der Waals surface area contributed by atoms with Crippen LogP contribution in [0.15, 0.2) is 186 Å². The number of furan rings is 1. The van der Waals surface area contributed by atoms with Crippen molar-refractivity contribution in [3.63, 3.8) is 0 Å². The van der Waals surface area contributed by atoms with Crippen LogP contribution in [0.3, 0.4) is 0 Å². The largest absolute Gasteiger partial charge is 0.456 e. The summed E-state index contributed by atoms with van der Waals surface area (Å²) in [6.07, 6.45) is 0. The van der Waals surface area contributed by atoms with Crippen molar-refractivity contribution in [3.05, 3.63) is 182 Å². The number of fused-ring (bicyclic) bond motifs is 10. The van der Waals surface area contributed by atoms with E-state index in [0.717, 1.165) is 82.7 Å². The topological polar surface area (TPSA) is 48.8 Å². The van der Waals surface area contributed by atoms with Crippen molar-refractivity contribution in [2.75, 3.05) is 0 Å². The number of benzene rings is 8. The van der Waals surface area contributed by atoms with Gasteiger partial charge in [-0.15, -0.1) is 0 Å². The maximum absolute atomic E-state index is 6.46. The summed E-state index contributed by atoms with van der Waals surface area (Å²) in [5.41, 5.74) is 12.5. The lowest BCUT2D eigenvalue weighted by Gasteiger charge is -2.12. The summed E-state index contributed by atoms with van der Waals surface area (Å²) in [5.74, 6) is 0.632. The minimum atomic E-state index is 0.632. The molecule has 0 amide bonds. The summed E-state index contributed by atoms with van der Waals surface area (Å²) in [6, 6.07) is 64.3. The third kappa shape index (κ3) is 4.47. The predicted molar refractivity (Wildman–Crippen MR) is 226 cm³/mol. The Morgan fingerprint density at radius 2 is 0.945 bits per heavy atom. The van der Waals surface area contributed by atoms with Crippen molar-refractivity contribution in [1.29, 1.82) is 0 Å². The molecule has 0 atom stereocenters. The summed E-state index contributed by atoms with van der Waals surface area (Å²) < 4.78 is 11.0. The van der Waals surface area contributed by atoms with Crippen LogP contribution in [0.4, 0.5) is 0 Å². The lowest BCUT2D eigenvalue weighted by Crippen LogP contribution is -2.03. The fraction of sp³-hybridized carbons (Fsp3) is 0. The van der Waals surface area contributed by atoms with E-state index in [-0.39, 0.29) is 0 Å². The van der Waals surface area contributed by atoms with Gasteiger partial charge in [0, 0.05) is 49.0 Å². The molecular weight excluding hydrogens is 673 g/mol. The highest BCUT2D eigenvalue weighted by Crippen LogP contribution is 2.41. The van der Waals surface area contributed by atoms with Gasteiger partial charge < -0.3 is 8.98 Å². The van der Waals surface area contributed by atoms with Crippen LogP contribution in [0.25, 0.3) is 110 Å². The molecule has 256 valence electrons. The van der Waals surface area contributed by atoms with Crippen LogP contribution in [-0.2, 0) is 0 Å². The first-order chi connectivity index (χ1) is 27.3. The van der Waals surface area contributed by atoms with Crippen LogP contribution >= 0.6 is 0 Å². The van der Waals surface area contributed by atoms with E-state index < -0.39 is 0 Å². The Hall–Kier alpha value is -7.50. The summed E-state index contributed by atoms with van der Waals surface area (Å²) >= 11 is 0. The van der Waals surface area contributed by atoms with Gasteiger partial charge in [0.15, 0.2) is 0 Å². The molecule has 0 unspecified atom stereocenters. The Bertz CT molecular complexity index is 3480. The van der Waals surface area contributed by atoms with Crippen LogP contribution in [-0.4, -0.2) is 19.1 Å². The van der Waals surface area contributed by atoms with Gasteiger partial charge in [0.25, 0.3) is 0 Å². The van der Waals surface area contributed by atoms with Crippen molar-refractivity contribution >= 4 is 76.5 Å². The first kappa shape index (κ1) is 30.0. The molecule has 0 radical (unpaired) electrons. The molecule has 8 aromatic carbocycles. The molecule has 55 heavy (non-hydrogen) atoms. The molecule has 0 bridgehead atoms. The van der Waals surface area contributed by atoms with E-state index in [0.29, 0.717) is 5.95 Å². The normalized spacial score (nSPS) is 12.0. The van der Waals surface area contributed by atoms with Gasteiger partial charge in [0.1, 0.15) is 11.2 Å². The molecule has 0 aliphatic heterocycles. The van der Waals surface area contributed by atoms with Crippen LogP contribution in [0.2, 0.25) is 0 Å². The molecule has 0 aliphatic carbocycles. The molecule has 0 fully saturated rings. The Labute approximate surface area is 315 Å². The second-order valence-electron chi connectivity index (χ2n) is 14.2. The van der Waals surface area contributed by atoms with Gasteiger partial charge in [-0.1, -0.05) is 115 Å². The molecule has 4 heterocycles. The SMILES string of the molecule is c1ccc(-c2nc(-n3c4ccc(-c5ccc6c(c5)c5ccccc5n6-c5ccccc5)cc4c4cc5oc6ccccc6c5cc43)nc3ccccc23)cc1. The molecule has 12 aromatic rings. The van der Waals surface area contributed by atoms with Gasteiger partial charge in [-0.25, -0.2) is 9.97 Å². The van der Waals surface area contributed by atoms with Crippen molar-refractivity contribution in [3.8, 4) is 34.0 Å². The van der Waals surface area contributed by atoms with Crippen LogP contribution < -0.4 is 0 Å². The zero-order valence-electron chi connectivity index (χ0n) is 29.5. The first-order valence-corrected chi connectivity index (χ1v) is 18.6. The molecule has 0 aliphatic rings. The molecule has 0 N–H and O–H groups in total. The monoisotopic (exact) mass is 702 g/mol. The lowest BCUT2D eigenvalue weighted by molar-refractivity contribution is 0.669. The maximum Gasteiger partial charge on any atom is 0.235 e. The van der Waals surface area contributed by atoms with Crippen molar-refractivity contribution < 1.29 is 4.42 Å². The molecule has 0 spiro atoms. The summed E-state index contributed by atoms with van der Waals surface area (Å²) in [7, 11) is 0. The molecule has 0 saturated carbocycles. The Morgan fingerprint density at radius 1 is 0.345 bits per heavy atom.